The molecule has 0 saturated heterocycles. The number of allylic oxidation sites excluding steroid dienone is 1. The van der Waals surface area contributed by atoms with Gasteiger partial charge in [-0.2, -0.15) is 0 Å². The maximum Gasteiger partial charge on any atom is 0.246 e. The van der Waals surface area contributed by atoms with E-state index in [1.165, 1.54) is 0 Å². The fraction of sp³-hybridized carbons (Fsp3) is 0.300. The van der Waals surface area contributed by atoms with Crippen molar-refractivity contribution < 1.29 is 9.21 Å². The first-order chi connectivity index (χ1) is 6.24. The third-order valence-electron chi connectivity index (χ3n) is 1.69. The van der Waals surface area contributed by atoms with Gasteiger partial charge in [-0.15, -0.1) is 0 Å². The van der Waals surface area contributed by atoms with Crippen molar-refractivity contribution in [2.75, 3.05) is 7.05 Å². The quantitative estimate of drug-likeness (QED) is 0.663. The highest BCUT2D eigenvalue weighted by Crippen LogP contribution is 2.03. The number of amides is 1. The van der Waals surface area contributed by atoms with E-state index in [2.05, 4.69) is 0 Å². The molecule has 1 rings (SSSR count). The monoisotopic (exact) mass is 179 g/mol. The zero-order valence-electron chi connectivity index (χ0n) is 7.86. The van der Waals surface area contributed by atoms with Gasteiger partial charge in [0.25, 0.3) is 0 Å². The molecule has 1 amide bonds. The first-order valence-corrected chi connectivity index (χ1v) is 4.13. The van der Waals surface area contributed by atoms with Gasteiger partial charge in [0.15, 0.2) is 0 Å². The molecule has 0 bridgehead atoms. The highest BCUT2D eigenvalue weighted by Gasteiger charge is 2.05. The van der Waals surface area contributed by atoms with Crippen molar-refractivity contribution in [2.24, 2.45) is 0 Å². The molecule has 13 heavy (non-hydrogen) atoms. The van der Waals surface area contributed by atoms with E-state index in [1.807, 2.05) is 13.0 Å². The largest absolute Gasteiger partial charge is 0.472 e. The van der Waals surface area contributed by atoms with Crippen LogP contribution in [0.1, 0.15) is 12.5 Å². The van der Waals surface area contributed by atoms with Gasteiger partial charge in [-0.3, -0.25) is 4.79 Å². The maximum absolute atomic E-state index is 11.3. The van der Waals surface area contributed by atoms with Gasteiger partial charge in [-0.05, 0) is 19.1 Å². The fourth-order valence-corrected chi connectivity index (χ4v) is 1.00. The van der Waals surface area contributed by atoms with Crippen molar-refractivity contribution in [1.29, 1.82) is 0 Å². The first-order valence-electron chi connectivity index (χ1n) is 4.13. The van der Waals surface area contributed by atoms with Gasteiger partial charge in [0.2, 0.25) is 5.91 Å². The topological polar surface area (TPSA) is 33.5 Å². The molecule has 1 aromatic heterocycles. The predicted molar refractivity (Wildman–Crippen MR) is 50.0 cm³/mol. The van der Waals surface area contributed by atoms with Crippen molar-refractivity contribution in [3.63, 3.8) is 0 Å². The molecule has 0 atom stereocenters. The Labute approximate surface area is 77.6 Å². The average molecular weight is 179 g/mol. The summed E-state index contributed by atoms with van der Waals surface area (Å²) in [6, 6.07) is 1.85. The number of furan rings is 1. The highest BCUT2D eigenvalue weighted by atomic mass is 16.3. The van der Waals surface area contributed by atoms with Crippen LogP contribution in [0, 0.1) is 0 Å². The summed E-state index contributed by atoms with van der Waals surface area (Å²) in [5, 5.41) is 0. The molecule has 0 radical (unpaired) electrons. The lowest BCUT2D eigenvalue weighted by atomic mass is 10.3. The number of carbonyl (C=O) groups excluding carboxylic acids is 1. The number of rotatable bonds is 3. The summed E-state index contributed by atoms with van der Waals surface area (Å²) >= 11 is 0. The molecule has 0 fully saturated rings. The summed E-state index contributed by atoms with van der Waals surface area (Å²) in [6.07, 6.45) is 6.51. The molecule has 0 unspecified atom stereocenters. The minimum atomic E-state index is 0.00343. The van der Waals surface area contributed by atoms with Crippen LogP contribution in [0.25, 0.3) is 0 Å². The summed E-state index contributed by atoms with van der Waals surface area (Å²) in [5.74, 6) is 0.00343. The van der Waals surface area contributed by atoms with Crippen molar-refractivity contribution >= 4 is 5.91 Å². The molecule has 0 aromatic carbocycles. The lowest BCUT2D eigenvalue weighted by Crippen LogP contribution is -2.23. The summed E-state index contributed by atoms with van der Waals surface area (Å²) < 4.78 is 4.90. The minimum absolute atomic E-state index is 0.00343. The van der Waals surface area contributed by atoms with Crippen LogP contribution in [-0.2, 0) is 11.3 Å². The molecule has 0 aliphatic heterocycles. The van der Waals surface area contributed by atoms with Crippen molar-refractivity contribution in [2.45, 2.75) is 13.5 Å². The number of hydrogen-bond acceptors (Lipinski definition) is 2. The average Bonchev–Trinajstić information content (AvgIpc) is 2.57. The molecule has 1 heterocycles. The van der Waals surface area contributed by atoms with Gasteiger partial charge in [-0.1, -0.05) is 6.08 Å². The van der Waals surface area contributed by atoms with Gasteiger partial charge in [-0.25, -0.2) is 0 Å². The van der Waals surface area contributed by atoms with Crippen molar-refractivity contribution in [3.05, 3.63) is 36.3 Å². The van der Waals surface area contributed by atoms with E-state index >= 15 is 0 Å². The number of nitrogens with zero attached hydrogens (tertiary/aromatic N) is 1. The molecule has 0 saturated carbocycles. The van der Waals surface area contributed by atoms with Crippen LogP contribution in [0.2, 0.25) is 0 Å². The molecule has 3 nitrogen and oxygen atoms in total. The van der Waals surface area contributed by atoms with E-state index in [1.54, 1.807) is 36.6 Å². The number of likely N-dealkylation sites (N-methyl/N-ethyl adjacent to an activating group) is 1. The van der Waals surface area contributed by atoms with Gasteiger partial charge < -0.3 is 9.32 Å². The Balaban J connectivity index is 2.50. The van der Waals surface area contributed by atoms with Crippen LogP contribution >= 0.6 is 0 Å². The summed E-state index contributed by atoms with van der Waals surface area (Å²) in [5.41, 5.74) is 1.00. The Kier molecular flexibility index (Phi) is 3.31. The van der Waals surface area contributed by atoms with E-state index in [-0.39, 0.29) is 5.91 Å². The smallest absolute Gasteiger partial charge is 0.246 e. The van der Waals surface area contributed by atoms with E-state index in [0.717, 1.165) is 5.56 Å². The van der Waals surface area contributed by atoms with Crippen LogP contribution in [0.15, 0.2) is 35.2 Å². The highest BCUT2D eigenvalue weighted by molar-refractivity contribution is 5.87. The normalized spacial score (nSPS) is 10.6. The SMILES string of the molecule is CC=CC(=O)N(C)Cc1ccoc1. The lowest BCUT2D eigenvalue weighted by Gasteiger charge is -2.13. The lowest BCUT2D eigenvalue weighted by molar-refractivity contribution is -0.125. The van der Waals surface area contributed by atoms with E-state index < -0.39 is 0 Å². The second-order valence-corrected chi connectivity index (χ2v) is 2.83. The molecular formula is C10H13NO2. The molecule has 70 valence electrons. The van der Waals surface area contributed by atoms with Gasteiger partial charge in [0.05, 0.1) is 12.5 Å². The third kappa shape index (κ3) is 2.78. The molecule has 0 aliphatic carbocycles. The Morgan fingerprint density at radius 3 is 3.00 bits per heavy atom. The maximum atomic E-state index is 11.3. The minimum Gasteiger partial charge on any atom is -0.472 e. The van der Waals surface area contributed by atoms with Crippen LogP contribution in [-0.4, -0.2) is 17.9 Å². The van der Waals surface area contributed by atoms with Gasteiger partial charge >= 0.3 is 0 Å². The molecule has 0 N–H and O–H groups in total. The van der Waals surface area contributed by atoms with E-state index in [0.29, 0.717) is 6.54 Å². The Morgan fingerprint density at radius 2 is 2.46 bits per heavy atom. The summed E-state index contributed by atoms with van der Waals surface area (Å²) in [7, 11) is 1.76. The Morgan fingerprint density at radius 1 is 1.69 bits per heavy atom. The van der Waals surface area contributed by atoms with Crippen LogP contribution in [0.5, 0.6) is 0 Å². The van der Waals surface area contributed by atoms with E-state index in [4.69, 9.17) is 4.42 Å². The first kappa shape index (κ1) is 9.58. The zero-order valence-corrected chi connectivity index (χ0v) is 7.86. The van der Waals surface area contributed by atoms with Crippen molar-refractivity contribution in [3.8, 4) is 0 Å². The number of hydrogen-bond donors (Lipinski definition) is 0. The molecule has 0 aliphatic rings. The van der Waals surface area contributed by atoms with E-state index in [9.17, 15) is 4.79 Å². The van der Waals surface area contributed by atoms with Gasteiger partial charge in [0, 0.05) is 19.2 Å². The second kappa shape index (κ2) is 4.50. The van der Waals surface area contributed by atoms with Crippen molar-refractivity contribution in [1.82, 2.24) is 4.90 Å². The number of carbonyl (C=O) groups is 1. The Bertz CT molecular complexity index is 288. The molecule has 0 spiro atoms. The third-order valence-corrected chi connectivity index (χ3v) is 1.69. The Hall–Kier alpha value is -1.51. The predicted octanol–water partition coefficient (Wildman–Crippen LogP) is 1.81. The zero-order chi connectivity index (χ0) is 9.68. The summed E-state index contributed by atoms with van der Waals surface area (Å²) in [4.78, 5) is 12.9. The van der Waals surface area contributed by atoms with Crippen LogP contribution in [0.3, 0.4) is 0 Å². The van der Waals surface area contributed by atoms with Crippen LogP contribution < -0.4 is 0 Å². The standard InChI is InChI=1S/C10H13NO2/c1-3-4-10(12)11(2)7-9-5-6-13-8-9/h3-6,8H,7H2,1-2H3. The molecule has 3 heteroatoms. The fourth-order valence-electron chi connectivity index (χ4n) is 1.00. The van der Waals surface area contributed by atoms with Crippen LogP contribution in [0.4, 0.5) is 0 Å². The second-order valence-electron chi connectivity index (χ2n) is 2.83. The molecular weight excluding hydrogens is 166 g/mol. The van der Waals surface area contributed by atoms with Gasteiger partial charge in [0.1, 0.15) is 0 Å². The summed E-state index contributed by atoms with van der Waals surface area (Å²) in [6.45, 7) is 2.41. The molecule has 1 aromatic rings.